The lowest BCUT2D eigenvalue weighted by molar-refractivity contribution is 0.144. The lowest BCUT2D eigenvalue weighted by Gasteiger charge is -2.17. The molecule has 4 nitrogen and oxygen atoms in total. The van der Waals surface area contributed by atoms with Gasteiger partial charge in [0.15, 0.2) is 0 Å². The summed E-state index contributed by atoms with van der Waals surface area (Å²) in [5.41, 5.74) is 0.800. The third kappa shape index (κ3) is 6.59. The van der Waals surface area contributed by atoms with E-state index in [2.05, 4.69) is 19.4 Å². The third-order valence-corrected chi connectivity index (χ3v) is 2.10. The van der Waals surface area contributed by atoms with Crippen molar-refractivity contribution < 1.29 is 4.52 Å². The van der Waals surface area contributed by atoms with Crippen LogP contribution in [0.25, 0.3) is 0 Å². The van der Waals surface area contributed by atoms with Gasteiger partial charge in [0.05, 0.1) is 24.4 Å². The van der Waals surface area contributed by atoms with Crippen LogP contribution in [-0.2, 0) is 4.52 Å². The Morgan fingerprint density at radius 3 is 2.50 bits per heavy atom. The highest BCUT2D eigenvalue weighted by Crippen LogP contribution is 2.15. The predicted molar refractivity (Wildman–Crippen MR) is 58.4 cm³/mol. The number of nitrogens with one attached hydrogen (secondary N) is 1. The largest absolute Gasteiger partial charge is 0.359 e. The zero-order valence-electron chi connectivity index (χ0n) is 8.74. The van der Waals surface area contributed by atoms with Gasteiger partial charge in [-0.1, -0.05) is 0 Å². The number of aromatic amines is 1. The number of rotatable bonds is 2. The fraction of sp³-hybridized carbons (Fsp3) is 0.556. The van der Waals surface area contributed by atoms with E-state index in [-0.39, 0.29) is 5.60 Å². The van der Waals surface area contributed by atoms with Crippen LogP contribution in [0, 0.1) is 18.3 Å². The minimum absolute atomic E-state index is 0.306. The highest BCUT2D eigenvalue weighted by Gasteiger charge is 2.14. The summed E-state index contributed by atoms with van der Waals surface area (Å²) >= 11 is 0. The molecule has 5 heteroatoms. The van der Waals surface area contributed by atoms with Gasteiger partial charge in [0.1, 0.15) is 0 Å². The highest BCUT2D eigenvalue weighted by atomic mass is 31.0. The fourth-order valence-electron chi connectivity index (χ4n) is 0.557. The van der Waals surface area contributed by atoms with E-state index in [4.69, 9.17) is 9.79 Å². The molecule has 1 heterocycles. The van der Waals surface area contributed by atoms with Crippen molar-refractivity contribution in [2.75, 3.05) is 0 Å². The summed E-state index contributed by atoms with van der Waals surface area (Å²) in [7, 11) is 2.15. The van der Waals surface area contributed by atoms with Gasteiger partial charge in [-0.05, 0) is 20.8 Å². The molecule has 1 atom stereocenters. The van der Waals surface area contributed by atoms with Gasteiger partial charge in [-0.25, -0.2) is 4.98 Å². The van der Waals surface area contributed by atoms with E-state index in [9.17, 15) is 0 Å². The minimum atomic E-state index is -0.306. The Labute approximate surface area is 87.0 Å². The maximum atomic E-state index is 8.19. The summed E-state index contributed by atoms with van der Waals surface area (Å²) in [4.78, 5) is 6.66. The molecule has 0 saturated carbocycles. The van der Waals surface area contributed by atoms with Gasteiger partial charge in [0.25, 0.3) is 0 Å². The Bertz CT molecular complexity index is 277. The molecule has 0 spiro atoms. The molecule has 14 heavy (non-hydrogen) atoms. The molecular weight excluding hydrogens is 197 g/mol. The molecule has 0 fully saturated rings. The number of H-pyrrole nitrogens is 1. The van der Waals surface area contributed by atoms with E-state index in [0.29, 0.717) is 6.42 Å². The van der Waals surface area contributed by atoms with Gasteiger partial charge < -0.3 is 9.51 Å². The molecule has 0 saturated heterocycles. The molecule has 0 aromatic carbocycles. The van der Waals surface area contributed by atoms with Crippen LogP contribution in [-0.4, -0.2) is 15.6 Å². The van der Waals surface area contributed by atoms with Crippen molar-refractivity contribution in [3.63, 3.8) is 0 Å². The monoisotopic (exact) mass is 213 g/mol. The molecule has 0 amide bonds. The van der Waals surface area contributed by atoms with E-state index in [1.165, 1.54) is 0 Å². The summed E-state index contributed by atoms with van der Waals surface area (Å²) in [5, 5.41) is 8.19. The van der Waals surface area contributed by atoms with Crippen LogP contribution in [0.2, 0.25) is 0 Å². The van der Waals surface area contributed by atoms with Crippen LogP contribution in [0.15, 0.2) is 12.5 Å². The molecule has 0 radical (unpaired) electrons. The van der Waals surface area contributed by atoms with E-state index < -0.39 is 0 Å². The van der Waals surface area contributed by atoms with Crippen LogP contribution in [0.5, 0.6) is 0 Å². The van der Waals surface area contributed by atoms with Crippen molar-refractivity contribution in [1.29, 1.82) is 5.26 Å². The van der Waals surface area contributed by atoms with E-state index >= 15 is 0 Å². The fourth-order valence-corrected chi connectivity index (χ4v) is 0.641. The Hall–Kier alpha value is -0.910. The van der Waals surface area contributed by atoms with Gasteiger partial charge in [-0.15, -0.1) is 0 Å². The van der Waals surface area contributed by atoms with E-state index in [1.807, 2.05) is 26.8 Å². The van der Waals surface area contributed by atoms with Crippen molar-refractivity contribution >= 4 is 9.47 Å². The van der Waals surface area contributed by atoms with Gasteiger partial charge in [0, 0.05) is 21.4 Å². The van der Waals surface area contributed by atoms with Gasteiger partial charge in [0.2, 0.25) is 0 Å². The normalized spacial score (nSPS) is 9.93. The lowest BCUT2D eigenvalue weighted by atomic mass is 10.1. The van der Waals surface area contributed by atoms with Crippen molar-refractivity contribution in [2.24, 2.45) is 0 Å². The van der Waals surface area contributed by atoms with Crippen molar-refractivity contribution in [2.45, 2.75) is 32.8 Å². The molecule has 0 aliphatic rings. The van der Waals surface area contributed by atoms with Crippen LogP contribution >= 0.6 is 9.47 Å². The summed E-state index contributed by atoms with van der Waals surface area (Å²) in [5.74, 6) is 0. The number of nitrogens with zero attached hydrogens (tertiary/aromatic N) is 2. The second kappa shape index (κ2) is 6.53. The number of nitriles is 1. The van der Waals surface area contributed by atoms with Gasteiger partial charge in [-0.3, -0.25) is 0 Å². The van der Waals surface area contributed by atoms with Crippen LogP contribution in [0.3, 0.4) is 0 Å². The number of hydrogen-bond donors (Lipinski definition) is 1. The zero-order valence-corrected chi connectivity index (χ0v) is 9.90. The molecule has 1 aromatic rings. The molecular formula is C9H16N3OP. The second-order valence-corrected chi connectivity index (χ2v) is 3.68. The van der Waals surface area contributed by atoms with Gasteiger partial charge >= 0.3 is 0 Å². The summed E-state index contributed by atoms with van der Waals surface area (Å²) in [6, 6.07) is 2.02. The highest BCUT2D eigenvalue weighted by molar-refractivity contribution is 7.09. The first-order valence-corrected chi connectivity index (χ1v) is 4.69. The topological polar surface area (TPSA) is 61.7 Å². The first kappa shape index (κ1) is 13.1. The SMILES string of the molecule is CC(C)(CC#N)OP.Cc1cnc[nH]1. The lowest BCUT2D eigenvalue weighted by Crippen LogP contribution is -2.18. The quantitative estimate of drug-likeness (QED) is 0.766. The third-order valence-electron chi connectivity index (χ3n) is 1.46. The predicted octanol–water partition coefficient (Wildman–Crippen LogP) is 2.20. The van der Waals surface area contributed by atoms with Crippen molar-refractivity contribution in [3.8, 4) is 6.07 Å². The molecule has 1 aromatic heterocycles. The molecule has 1 rings (SSSR count). The Kier molecular flexibility index (Phi) is 6.11. The molecule has 0 aliphatic heterocycles. The van der Waals surface area contributed by atoms with Gasteiger partial charge in [-0.2, -0.15) is 5.26 Å². The standard InChI is InChI=1S/C5H10NOP.C4H6N2/c1-5(2,7-8)3-4-6;1-4-2-5-3-6-4/h3,8H2,1-2H3;2-3H,1H3,(H,5,6). The average Bonchev–Trinajstić information content (AvgIpc) is 2.57. The van der Waals surface area contributed by atoms with E-state index in [0.717, 1.165) is 5.69 Å². The number of imidazole rings is 1. The molecule has 78 valence electrons. The maximum Gasteiger partial charge on any atom is 0.0921 e. The molecule has 0 bridgehead atoms. The van der Waals surface area contributed by atoms with Crippen LogP contribution in [0.4, 0.5) is 0 Å². The van der Waals surface area contributed by atoms with Crippen molar-refractivity contribution in [3.05, 3.63) is 18.2 Å². The van der Waals surface area contributed by atoms with Crippen LogP contribution in [0.1, 0.15) is 26.0 Å². The number of aromatic nitrogens is 2. The minimum Gasteiger partial charge on any atom is -0.359 e. The summed E-state index contributed by atoms with van der Waals surface area (Å²) < 4.78 is 4.87. The first-order chi connectivity index (χ1) is 6.52. The summed E-state index contributed by atoms with van der Waals surface area (Å²) in [6.07, 6.45) is 3.87. The number of hydrogen-bond acceptors (Lipinski definition) is 3. The summed E-state index contributed by atoms with van der Waals surface area (Å²) in [6.45, 7) is 5.69. The average molecular weight is 213 g/mol. The Morgan fingerprint density at radius 1 is 1.71 bits per heavy atom. The first-order valence-electron chi connectivity index (χ1n) is 4.21. The maximum absolute atomic E-state index is 8.19. The number of aryl methyl sites for hydroxylation is 1. The molecule has 1 N–H and O–H groups in total. The Balaban J connectivity index is 0.000000249. The Morgan fingerprint density at radius 2 is 2.36 bits per heavy atom. The molecule has 0 aliphatic carbocycles. The smallest absolute Gasteiger partial charge is 0.0921 e. The van der Waals surface area contributed by atoms with Crippen molar-refractivity contribution in [1.82, 2.24) is 9.97 Å². The van der Waals surface area contributed by atoms with E-state index in [1.54, 1.807) is 12.5 Å². The van der Waals surface area contributed by atoms with Crippen LogP contribution < -0.4 is 0 Å². The second-order valence-electron chi connectivity index (χ2n) is 3.45. The molecule has 1 unspecified atom stereocenters. The zero-order chi connectivity index (χ0) is 11.0.